The Morgan fingerprint density at radius 2 is 2.07 bits per heavy atom. The van der Waals surface area contributed by atoms with Crippen LogP contribution in [0.15, 0.2) is 40.7 Å². The Morgan fingerprint density at radius 1 is 1.24 bits per heavy atom. The molecule has 0 amide bonds. The summed E-state index contributed by atoms with van der Waals surface area (Å²) in [6.45, 7) is 2.36. The summed E-state index contributed by atoms with van der Waals surface area (Å²) in [5, 5.41) is 8.51. The van der Waals surface area contributed by atoms with Gasteiger partial charge in [0.2, 0.25) is 0 Å². The molecule has 3 rings (SSSR count). The minimum absolute atomic E-state index is 0. The molecule has 1 aromatic carbocycles. The molecule has 0 atom stereocenters. The third-order valence-corrected chi connectivity index (χ3v) is 5.00. The Hall–Kier alpha value is -2.01. The van der Waals surface area contributed by atoms with Crippen LogP contribution in [0, 0.1) is 0 Å². The number of carbonyl (C=O) groups excluding carboxylic acids is 1. The van der Waals surface area contributed by atoms with E-state index in [9.17, 15) is 4.79 Å². The van der Waals surface area contributed by atoms with Gasteiger partial charge in [0.05, 0.1) is 26.7 Å². The predicted molar refractivity (Wildman–Crippen MR) is 126 cm³/mol. The first-order valence-electron chi connectivity index (χ1n) is 9.29. The molecule has 0 saturated carbocycles. The normalized spacial score (nSPS) is 13.1. The van der Waals surface area contributed by atoms with Gasteiger partial charge >= 0.3 is 5.97 Å². The van der Waals surface area contributed by atoms with Gasteiger partial charge in [-0.1, -0.05) is 6.07 Å². The van der Waals surface area contributed by atoms with E-state index in [2.05, 4.69) is 31.8 Å². The van der Waals surface area contributed by atoms with Crippen LogP contribution < -0.4 is 20.1 Å². The first-order valence-corrected chi connectivity index (χ1v) is 10.2. The van der Waals surface area contributed by atoms with Crippen molar-refractivity contribution in [1.82, 2.24) is 5.32 Å². The van der Waals surface area contributed by atoms with E-state index in [0.717, 1.165) is 30.0 Å². The second kappa shape index (κ2) is 12.5. The predicted octanol–water partition coefficient (Wildman–Crippen LogP) is 3.69. The second-order valence-corrected chi connectivity index (χ2v) is 7.18. The van der Waals surface area contributed by atoms with E-state index < -0.39 is 0 Å². The molecule has 1 aromatic heterocycles. The van der Waals surface area contributed by atoms with Gasteiger partial charge in [0, 0.05) is 42.6 Å². The molecule has 158 valence electrons. The first-order chi connectivity index (χ1) is 13.7. The lowest BCUT2D eigenvalue weighted by molar-refractivity contribution is -0.140. The maximum Gasteiger partial charge on any atom is 0.307 e. The average molecular weight is 531 g/mol. The van der Waals surface area contributed by atoms with Crippen LogP contribution in [-0.4, -0.2) is 45.3 Å². The number of aliphatic imine (C=N–C) groups is 1. The monoisotopic (exact) mass is 531 g/mol. The number of hydrogen-bond acceptors (Lipinski definition) is 6. The van der Waals surface area contributed by atoms with Crippen LogP contribution in [0.2, 0.25) is 0 Å². The van der Waals surface area contributed by atoms with Gasteiger partial charge < -0.3 is 24.8 Å². The summed E-state index contributed by atoms with van der Waals surface area (Å²) in [4.78, 5) is 17.3. The van der Waals surface area contributed by atoms with Gasteiger partial charge in [0.15, 0.2) is 17.5 Å². The number of methoxy groups -OCH3 is 1. The van der Waals surface area contributed by atoms with E-state index in [1.54, 1.807) is 11.3 Å². The molecule has 1 aliphatic heterocycles. The highest BCUT2D eigenvalue weighted by atomic mass is 127. The van der Waals surface area contributed by atoms with Crippen molar-refractivity contribution in [3.63, 3.8) is 0 Å². The number of rotatable bonds is 7. The average Bonchev–Trinajstić information content (AvgIpc) is 3.11. The van der Waals surface area contributed by atoms with Crippen molar-refractivity contribution in [3.05, 3.63) is 40.6 Å². The van der Waals surface area contributed by atoms with Gasteiger partial charge in [0.1, 0.15) is 0 Å². The van der Waals surface area contributed by atoms with Crippen LogP contribution in [0.1, 0.15) is 17.7 Å². The van der Waals surface area contributed by atoms with Crippen LogP contribution in [0.5, 0.6) is 11.5 Å². The van der Waals surface area contributed by atoms with Crippen molar-refractivity contribution in [1.29, 1.82) is 0 Å². The van der Waals surface area contributed by atoms with E-state index in [1.165, 1.54) is 12.0 Å². The first kappa shape index (κ1) is 23.3. The topological polar surface area (TPSA) is 81.2 Å². The molecule has 2 heterocycles. The fraction of sp³-hybridized carbons (Fsp3) is 0.400. The smallest absolute Gasteiger partial charge is 0.307 e. The van der Waals surface area contributed by atoms with Crippen LogP contribution in [-0.2, 0) is 16.0 Å². The fourth-order valence-corrected chi connectivity index (χ4v) is 3.33. The highest BCUT2D eigenvalue weighted by molar-refractivity contribution is 14.0. The lowest BCUT2D eigenvalue weighted by Crippen LogP contribution is -2.33. The summed E-state index contributed by atoms with van der Waals surface area (Å²) < 4.78 is 16.1. The maximum atomic E-state index is 11.4. The van der Waals surface area contributed by atoms with Crippen LogP contribution >= 0.6 is 35.3 Å². The maximum absolute atomic E-state index is 11.4. The quantitative estimate of drug-likeness (QED) is 0.246. The Balaban J connectivity index is 0.00000300. The van der Waals surface area contributed by atoms with Gasteiger partial charge in [0.25, 0.3) is 0 Å². The Morgan fingerprint density at radius 3 is 2.83 bits per heavy atom. The number of guanidine groups is 1. The van der Waals surface area contributed by atoms with Crippen molar-refractivity contribution in [2.45, 2.75) is 19.3 Å². The fourth-order valence-electron chi connectivity index (χ4n) is 2.64. The highest BCUT2D eigenvalue weighted by Crippen LogP contribution is 2.32. The van der Waals surface area contributed by atoms with Gasteiger partial charge in [-0.2, -0.15) is 0 Å². The van der Waals surface area contributed by atoms with Crippen molar-refractivity contribution >= 4 is 52.9 Å². The van der Waals surface area contributed by atoms with E-state index >= 15 is 0 Å². The molecule has 2 aromatic rings. The van der Waals surface area contributed by atoms with E-state index in [0.29, 0.717) is 32.3 Å². The minimum Gasteiger partial charge on any atom is -0.490 e. The van der Waals surface area contributed by atoms with Crippen molar-refractivity contribution < 1.29 is 19.0 Å². The van der Waals surface area contributed by atoms with Crippen molar-refractivity contribution in [2.75, 3.05) is 38.7 Å². The third-order valence-electron chi connectivity index (χ3n) is 4.07. The number of carbonyl (C=O) groups is 1. The summed E-state index contributed by atoms with van der Waals surface area (Å²) in [7, 11) is 1.38. The lowest BCUT2D eigenvalue weighted by atomic mass is 10.2. The second-order valence-electron chi connectivity index (χ2n) is 6.15. The van der Waals surface area contributed by atoms with E-state index in [1.807, 2.05) is 24.3 Å². The molecule has 0 fully saturated rings. The zero-order valence-electron chi connectivity index (χ0n) is 16.3. The summed E-state index contributed by atoms with van der Waals surface area (Å²) >= 11 is 1.72. The molecule has 0 bridgehead atoms. The number of esters is 1. The third kappa shape index (κ3) is 7.73. The number of hydrogen-bond donors (Lipinski definition) is 2. The molecular weight excluding hydrogens is 505 g/mol. The Kier molecular flexibility index (Phi) is 10.1. The molecule has 0 radical (unpaired) electrons. The SMILES string of the molecule is COC(=O)CCNC(=NCCc1cccs1)Nc1ccc2c(c1)OCCCO2.I. The number of fused-ring (bicyclic) bond motifs is 1. The molecule has 7 nitrogen and oxygen atoms in total. The summed E-state index contributed by atoms with van der Waals surface area (Å²) in [6.07, 6.45) is 1.99. The van der Waals surface area contributed by atoms with Crippen LogP contribution in [0.3, 0.4) is 0 Å². The number of nitrogens with one attached hydrogen (secondary N) is 2. The number of halogens is 1. The summed E-state index contributed by atoms with van der Waals surface area (Å²) in [6, 6.07) is 9.85. The van der Waals surface area contributed by atoms with Crippen LogP contribution in [0.4, 0.5) is 5.69 Å². The van der Waals surface area contributed by atoms with Gasteiger partial charge in [-0.15, -0.1) is 35.3 Å². The number of anilines is 1. The molecule has 0 aliphatic carbocycles. The molecule has 0 spiro atoms. The molecule has 0 unspecified atom stereocenters. The molecule has 29 heavy (non-hydrogen) atoms. The number of benzene rings is 1. The van der Waals surface area contributed by atoms with E-state index in [-0.39, 0.29) is 36.4 Å². The van der Waals surface area contributed by atoms with E-state index in [4.69, 9.17) is 9.47 Å². The summed E-state index contributed by atoms with van der Waals surface area (Å²) in [5.41, 5.74) is 0.838. The molecule has 0 saturated heterocycles. The molecule has 9 heteroatoms. The van der Waals surface area contributed by atoms with Gasteiger partial charge in [-0.25, -0.2) is 0 Å². The molecular formula is C20H26IN3O4S. The Labute approximate surface area is 191 Å². The van der Waals surface area contributed by atoms with Crippen molar-refractivity contribution in [3.8, 4) is 11.5 Å². The zero-order valence-corrected chi connectivity index (χ0v) is 19.5. The van der Waals surface area contributed by atoms with Gasteiger partial charge in [-0.05, 0) is 23.6 Å². The molecule has 2 N–H and O–H groups in total. The Bertz CT molecular complexity index is 799. The zero-order chi connectivity index (χ0) is 19.6. The molecule has 1 aliphatic rings. The highest BCUT2D eigenvalue weighted by Gasteiger charge is 2.11. The standard InChI is InChI=1S/C20H25N3O4S.HI/c1-25-19(24)8-10-22-20(21-9-7-16-4-2-13-28-16)23-15-5-6-17-18(14-15)27-12-3-11-26-17;/h2,4-6,13-14H,3,7-12H2,1H3,(H2,21,22,23);1H. The number of thiophene rings is 1. The number of ether oxygens (including phenoxy) is 3. The number of nitrogens with zero attached hydrogens (tertiary/aromatic N) is 1. The van der Waals surface area contributed by atoms with Crippen molar-refractivity contribution in [2.24, 2.45) is 4.99 Å². The minimum atomic E-state index is -0.263. The largest absolute Gasteiger partial charge is 0.490 e. The summed E-state index contributed by atoms with van der Waals surface area (Å²) in [5.74, 6) is 1.81. The lowest BCUT2D eigenvalue weighted by Gasteiger charge is -2.14. The van der Waals surface area contributed by atoms with Crippen LogP contribution in [0.25, 0.3) is 0 Å². The van der Waals surface area contributed by atoms with Gasteiger partial charge in [-0.3, -0.25) is 9.79 Å².